The van der Waals surface area contributed by atoms with Gasteiger partial charge in [-0.1, -0.05) is 56.0 Å². The molecule has 0 aliphatic rings. The molecule has 0 bridgehead atoms. The fourth-order valence-electron chi connectivity index (χ4n) is 2.38. The molecule has 2 heteroatoms. The lowest BCUT2D eigenvalue weighted by atomic mass is 9.88. The van der Waals surface area contributed by atoms with Gasteiger partial charge in [-0.15, -0.1) is 0 Å². The van der Waals surface area contributed by atoms with Crippen LogP contribution in [0.4, 0.5) is 0 Å². The second-order valence-electron chi connectivity index (χ2n) is 4.58. The van der Waals surface area contributed by atoms with Gasteiger partial charge in [0.25, 0.3) is 0 Å². The van der Waals surface area contributed by atoms with Crippen LogP contribution in [0.25, 0.3) is 10.8 Å². The Labute approximate surface area is 113 Å². The van der Waals surface area contributed by atoms with Gasteiger partial charge in [-0.3, -0.25) is 0 Å². The first-order valence-electron chi connectivity index (χ1n) is 6.43. The Morgan fingerprint density at radius 1 is 1.21 bits per heavy atom. The van der Waals surface area contributed by atoms with E-state index in [0.29, 0.717) is 5.57 Å². The van der Waals surface area contributed by atoms with Crippen LogP contribution in [0.5, 0.6) is 0 Å². The van der Waals surface area contributed by atoms with Crippen molar-refractivity contribution in [2.24, 2.45) is 0 Å². The Morgan fingerprint density at radius 2 is 1.89 bits per heavy atom. The number of benzene rings is 2. The van der Waals surface area contributed by atoms with Crippen LogP contribution < -0.4 is 0 Å². The minimum absolute atomic E-state index is 0.0112. The zero-order valence-electron chi connectivity index (χ0n) is 11.3. The molecule has 0 aromatic heterocycles. The van der Waals surface area contributed by atoms with E-state index in [9.17, 15) is 4.79 Å². The lowest BCUT2D eigenvalue weighted by Crippen LogP contribution is -2.11. The summed E-state index contributed by atoms with van der Waals surface area (Å²) in [5.74, 6) is -0.322. The summed E-state index contributed by atoms with van der Waals surface area (Å²) >= 11 is 0. The molecule has 2 nitrogen and oxygen atoms in total. The average molecular weight is 254 g/mol. The highest BCUT2D eigenvalue weighted by atomic mass is 16.5. The van der Waals surface area contributed by atoms with Crippen LogP contribution in [0.3, 0.4) is 0 Å². The highest BCUT2D eigenvalue weighted by Crippen LogP contribution is 2.29. The smallest absolute Gasteiger partial charge is 0.333 e. The topological polar surface area (TPSA) is 26.3 Å². The van der Waals surface area contributed by atoms with E-state index in [2.05, 4.69) is 36.9 Å². The molecule has 0 aliphatic heterocycles. The van der Waals surface area contributed by atoms with Gasteiger partial charge in [-0.2, -0.15) is 0 Å². The molecule has 0 spiro atoms. The monoisotopic (exact) mass is 254 g/mol. The highest BCUT2D eigenvalue weighted by molar-refractivity contribution is 5.90. The van der Waals surface area contributed by atoms with Crippen LogP contribution in [0.15, 0.2) is 54.6 Å². The first kappa shape index (κ1) is 13.3. The van der Waals surface area contributed by atoms with Gasteiger partial charge in [-0.05, 0) is 22.8 Å². The molecule has 2 aromatic rings. The normalized spacial score (nSPS) is 12.1. The molecule has 0 N–H and O–H groups in total. The van der Waals surface area contributed by atoms with Crippen molar-refractivity contribution in [3.63, 3.8) is 0 Å². The number of methoxy groups -OCH3 is 1. The molecule has 2 aromatic carbocycles. The van der Waals surface area contributed by atoms with Gasteiger partial charge in [0.15, 0.2) is 0 Å². The fraction of sp³-hybridized carbons (Fsp3) is 0.235. The number of rotatable bonds is 4. The average Bonchev–Trinajstić information content (AvgIpc) is 2.46. The molecule has 0 heterocycles. The molecule has 98 valence electrons. The SMILES string of the molecule is C=C(C(=O)OC)C(CC)c1ccc2ccccc2c1. The van der Waals surface area contributed by atoms with Gasteiger partial charge in [0, 0.05) is 11.5 Å². The van der Waals surface area contributed by atoms with Crippen LogP contribution in [0, 0.1) is 0 Å². The summed E-state index contributed by atoms with van der Waals surface area (Å²) in [6, 6.07) is 14.5. The molecule has 19 heavy (non-hydrogen) atoms. The number of carbonyl (C=O) groups is 1. The second kappa shape index (κ2) is 5.70. The van der Waals surface area contributed by atoms with Crippen molar-refractivity contribution in [1.82, 2.24) is 0 Å². The predicted molar refractivity (Wildman–Crippen MR) is 78.1 cm³/mol. The summed E-state index contributed by atoms with van der Waals surface area (Å²) < 4.78 is 4.77. The summed E-state index contributed by atoms with van der Waals surface area (Å²) in [4.78, 5) is 11.6. The molecule has 0 radical (unpaired) electrons. The van der Waals surface area contributed by atoms with Crippen LogP contribution in [0.2, 0.25) is 0 Å². The van der Waals surface area contributed by atoms with E-state index in [4.69, 9.17) is 4.74 Å². The molecular formula is C17H18O2. The van der Waals surface area contributed by atoms with E-state index < -0.39 is 0 Å². The first-order valence-corrected chi connectivity index (χ1v) is 6.43. The van der Waals surface area contributed by atoms with Gasteiger partial charge in [0.05, 0.1) is 7.11 Å². The van der Waals surface area contributed by atoms with Crippen molar-refractivity contribution in [2.45, 2.75) is 19.3 Å². The van der Waals surface area contributed by atoms with E-state index >= 15 is 0 Å². The van der Waals surface area contributed by atoms with Crippen molar-refractivity contribution in [3.05, 3.63) is 60.2 Å². The minimum Gasteiger partial charge on any atom is -0.466 e. The Balaban J connectivity index is 2.40. The predicted octanol–water partition coefficient (Wildman–Crippen LogP) is 4.06. The summed E-state index contributed by atoms with van der Waals surface area (Å²) in [5.41, 5.74) is 1.62. The number of esters is 1. The molecular weight excluding hydrogens is 236 g/mol. The summed E-state index contributed by atoms with van der Waals surface area (Å²) in [7, 11) is 1.39. The highest BCUT2D eigenvalue weighted by Gasteiger charge is 2.19. The molecule has 0 amide bonds. The third-order valence-corrected chi connectivity index (χ3v) is 3.45. The van der Waals surface area contributed by atoms with Gasteiger partial charge < -0.3 is 4.74 Å². The van der Waals surface area contributed by atoms with E-state index in [1.807, 2.05) is 19.1 Å². The van der Waals surface area contributed by atoms with Gasteiger partial charge in [-0.25, -0.2) is 4.79 Å². The molecule has 0 saturated heterocycles. The maximum Gasteiger partial charge on any atom is 0.333 e. The number of fused-ring (bicyclic) bond motifs is 1. The molecule has 0 saturated carbocycles. The van der Waals surface area contributed by atoms with Crippen molar-refractivity contribution in [3.8, 4) is 0 Å². The van der Waals surface area contributed by atoms with E-state index in [1.54, 1.807) is 0 Å². The molecule has 0 fully saturated rings. The van der Waals surface area contributed by atoms with Crippen LogP contribution in [-0.2, 0) is 9.53 Å². The van der Waals surface area contributed by atoms with E-state index in [-0.39, 0.29) is 11.9 Å². The van der Waals surface area contributed by atoms with Crippen molar-refractivity contribution >= 4 is 16.7 Å². The third kappa shape index (κ3) is 2.68. The lowest BCUT2D eigenvalue weighted by Gasteiger charge is -2.17. The maximum absolute atomic E-state index is 11.6. The Kier molecular flexibility index (Phi) is 4.00. The third-order valence-electron chi connectivity index (χ3n) is 3.45. The maximum atomic E-state index is 11.6. The number of hydrogen-bond donors (Lipinski definition) is 0. The number of carbonyl (C=O) groups excluding carboxylic acids is 1. The second-order valence-corrected chi connectivity index (χ2v) is 4.58. The quantitative estimate of drug-likeness (QED) is 0.607. The van der Waals surface area contributed by atoms with Crippen LogP contribution >= 0.6 is 0 Å². The standard InChI is InChI=1S/C17H18O2/c1-4-16(12(2)17(18)19-3)15-10-9-13-7-5-6-8-14(13)11-15/h5-11,16H,2,4H2,1,3H3. The summed E-state index contributed by atoms with van der Waals surface area (Å²) in [6.07, 6.45) is 0.826. The molecule has 1 unspecified atom stereocenters. The summed E-state index contributed by atoms with van der Waals surface area (Å²) in [6.45, 7) is 5.93. The van der Waals surface area contributed by atoms with Crippen molar-refractivity contribution < 1.29 is 9.53 Å². The molecule has 1 atom stereocenters. The Hall–Kier alpha value is -2.09. The van der Waals surface area contributed by atoms with E-state index in [0.717, 1.165) is 12.0 Å². The number of ether oxygens (including phenoxy) is 1. The Bertz CT molecular complexity index is 613. The van der Waals surface area contributed by atoms with Crippen molar-refractivity contribution in [1.29, 1.82) is 0 Å². The summed E-state index contributed by atoms with van der Waals surface area (Å²) in [5, 5.41) is 2.38. The number of hydrogen-bond acceptors (Lipinski definition) is 2. The first-order chi connectivity index (χ1) is 9.17. The Morgan fingerprint density at radius 3 is 2.53 bits per heavy atom. The largest absolute Gasteiger partial charge is 0.466 e. The fourth-order valence-corrected chi connectivity index (χ4v) is 2.38. The lowest BCUT2D eigenvalue weighted by molar-refractivity contribution is -0.136. The van der Waals surface area contributed by atoms with Gasteiger partial charge >= 0.3 is 5.97 Å². The van der Waals surface area contributed by atoms with Gasteiger partial charge in [0.1, 0.15) is 0 Å². The molecule has 0 aliphatic carbocycles. The van der Waals surface area contributed by atoms with Gasteiger partial charge in [0.2, 0.25) is 0 Å². The minimum atomic E-state index is -0.333. The van der Waals surface area contributed by atoms with Crippen LogP contribution in [-0.4, -0.2) is 13.1 Å². The molecule has 2 rings (SSSR count). The zero-order valence-corrected chi connectivity index (χ0v) is 11.3. The van der Waals surface area contributed by atoms with Crippen LogP contribution in [0.1, 0.15) is 24.8 Å². The zero-order chi connectivity index (χ0) is 13.8. The van der Waals surface area contributed by atoms with E-state index in [1.165, 1.54) is 17.9 Å². The van der Waals surface area contributed by atoms with Crippen molar-refractivity contribution in [2.75, 3.05) is 7.11 Å².